The molecular formula is C15H22O4. The zero-order chi connectivity index (χ0) is 14.3. The van der Waals surface area contributed by atoms with E-state index in [0.29, 0.717) is 12.8 Å². The average molecular weight is 266 g/mol. The van der Waals surface area contributed by atoms with Crippen molar-refractivity contribution in [1.82, 2.24) is 0 Å². The first kappa shape index (κ1) is 15.5. The van der Waals surface area contributed by atoms with Crippen molar-refractivity contribution in [2.45, 2.75) is 45.8 Å². The van der Waals surface area contributed by atoms with Gasteiger partial charge in [-0.1, -0.05) is 12.1 Å². The molecule has 106 valence electrons. The molecular weight excluding hydrogens is 244 g/mol. The Hall–Kier alpha value is -1.55. The van der Waals surface area contributed by atoms with Crippen LogP contribution in [0.2, 0.25) is 0 Å². The van der Waals surface area contributed by atoms with Gasteiger partial charge < -0.3 is 14.6 Å². The molecule has 0 aliphatic rings. The largest absolute Gasteiger partial charge is 0.491 e. The number of carbonyl (C=O) groups excluding carboxylic acids is 1. The van der Waals surface area contributed by atoms with Gasteiger partial charge in [0, 0.05) is 0 Å². The molecule has 0 aromatic heterocycles. The van der Waals surface area contributed by atoms with Crippen LogP contribution in [-0.2, 0) is 16.0 Å². The first-order chi connectivity index (χ1) is 9.02. The first-order valence-electron chi connectivity index (χ1n) is 6.63. The van der Waals surface area contributed by atoms with Crippen LogP contribution >= 0.6 is 0 Å². The molecule has 0 amide bonds. The maximum Gasteiger partial charge on any atom is 0.334 e. The Bertz CT molecular complexity index is 384. The molecule has 0 saturated heterocycles. The topological polar surface area (TPSA) is 55.8 Å². The van der Waals surface area contributed by atoms with Crippen molar-refractivity contribution in [1.29, 1.82) is 0 Å². The van der Waals surface area contributed by atoms with Gasteiger partial charge in [0.15, 0.2) is 6.10 Å². The van der Waals surface area contributed by atoms with Crippen molar-refractivity contribution in [3.8, 4) is 5.75 Å². The molecule has 0 bridgehead atoms. The molecule has 0 saturated carbocycles. The summed E-state index contributed by atoms with van der Waals surface area (Å²) in [7, 11) is 0. The van der Waals surface area contributed by atoms with E-state index in [0.717, 1.165) is 11.3 Å². The van der Waals surface area contributed by atoms with Gasteiger partial charge >= 0.3 is 5.97 Å². The summed E-state index contributed by atoms with van der Waals surface area (Å²) in [6, 6.07) is 7.67. The van der Waals surface area contributed by atoms with E-state index >= 15 is 0 Å². The number of rotatable bonds is 7. The Labute approximate surface area is 114 Å². The number of hydrogen-bond donors (Lipinski definition) is 1. The van der Waals surface area contributed by atoms with Crippen LogP contribution in [0, 0.1) is 0 Å². The number of aliphatic hydroxyl groups is 1. The minimum Gasteiger partial charge on any atom is -0.491 e. The number of esters is 1. The van der Waals surface area contributed by atoms with Crippen LogP contribution < -0.4 is 4.74 Å². The second-order valence-corrected chi connectivity index (χ2v) is 4.62. The van der Waals surface area contributed by atoms with Gasteiger partial charge in [-0.25, -0.2) is 4.79 Å². The highest BCUT2D eigenvalue weighted by Crippen LogP contribution is 2.15. The second-order valence-electron chi connectivity index (χ2n) is 4.62. The Morgan fingerprint density at radius 1 is 1.26 bits per heavy atom. The SMILES string of the molecule is CCOC(=O)[C@H](O)CCc1ccc(OC(C)C)cc1. The molecule has 0 aliphatic heterocycles. The molecule has 1 aromatic rings. The fourth-order valence-electron chi connectivity index (χ4n) is 1.67. The molecule has 0 heterocycles. The van der Waals surface area contributed by atoms with Crippen LogP contribution in [0.3, 0.4) is 0 Å². The standard InChI is InChI=1S/C15H22O4/c1-4-18-15(17)14(16)10-7-12-5-8-13(9-6-12)19-11(2)3/h5-6,8-9,11,14,16H,4,7,10H2,1-3H3/t14-/m1/s1. The average Bonchev–Trinajstić information content (AvgIpc) is 2.37. The van der Waals surface area contributed by atoms with Gasteiger partial charge in [0.2, 0.25) is 0 Å². The third-order valence-electron chi connectivity index (χ3n) is 2.56. The third kappa shape index (κ3) is 5.75. The predicted molar refractivity (Wildman–Crippen MR) is 73.2 cm³/mol. The van der Waals surface area contributed by atoms with E-state index in [1.165, 1.54) is 0 Å². The molecule has 0 spiro atoms. The highest BCUT2D eigenvalue weighted by molar-refractivity contribution is 5.74. The van der Waals surface area contributed by atoms with E-state index in [2.05, 4.69) is 0 Å². The van der Waals surface area contributed by atoms with Crippen LogP contribution in [0.4, 0.5) is 0 Å². The maximum atomic E-state index is 11.2. The summed E-state index contributed by atoms with van der Waals surface area (Å²) in [5, 5.41) is 9.58. The number of aryl methyl sites for hydroxylation is 1. The summed E-state index contributed by atoms with van der Waals surface area (Å²) in [4.78, 5) is 11.2. The lowest BCUT2D eigenvalue weighted by molar-refractivity contribution is -0.153. The van der Waals surface area contributed by atoms with Crippen molar-refractivity contribution >= 4 is 5.97 Å². The minimum atomic E-state index is -1.05. The lowest BCUT2D eigenvalue weighted by Gasteiger charge is -2.11. The predicted octanol–water partition coefficient (Wildman–Crippen LogP) is 2.33. The van der Waals surface area contributed by atoms with E-state index in [1.807, 2.05) is 38.1 Å². The van der Waals surface area contributed by atoms with Gasteiger partial charge in [0.05, 0.1) is 12.7 Å². The monoisotopic (exact) mass is 266 g/mol. The fourth-order valence-corrected chi connectivity index (χ4v) is 1.67. The van der Waals surface area contributed by atoms with Crippen LogP contribution in [0.5, 0.6) is 5.75 Å². The number of ether oxygens (including phenoxy) is 2. The molecule has 1 N–H and O–H groups in total. The summed E-state index contributed by atoms with van der Waals surface area (Å²) in [6.45, 7) is 5.96. The van der Waals surface area contributed by atoms with Gasteiger partial charge in [-0.05, 0) is 51.3 Å². The van der Waals surface area contributed by atoms with Crippen molar-refractivity contribution in [3.05, 3.63) is 29.8 Å². The quantitative estimate of drug-likeness (QED) is 0.770. The van der Waals surface area contributed by atoms with Crippen LogP contribution in [-0.4, -0.2) is 29.9 Å². The molecule has 1 aromatic carbocycles. The normalized spacial score (nSPS) is 12.3. The summed E-state index contributed by atoms with van der Waals surface area (Å²) < 4.78 is 10.3. The van der Waals surface area contributed by atoms with Crippen molar-refractivity contribution in [3.63, 3.8) is 0 Å². The molecule has 0 aliphatic carbocycles. The molecule has 0 fully saturated rings. The molecule has 0 radical (unpaired) electrons. The minimum absolute atomic E-state index is 0.150. The summed E-state index contributed by atoms with van der Waals surface area (Å²) in [6.07, 6.45) is 0.0913. The van der Waals surface area contributed by atoms with Crippen molar-refractivity contribution in [2.75, 3.05) is 6.61 Å². The van der Waals surface area contributed by atoms with Crippen molar-refractivity contribution in [2.24, 2.45) is 0 Å². The zero-order valence-electron chi connectivity index (χ0n) is 11.8. The van der Waals surface area contributed by atoms with E-state index in [9.17, 15) is 9.90 Å². The van der Waals surface area contributed by atoms with Crippen LogP contribution in [0.15, 0.2) is 24.3 Å². The lowest BCUT2D eigenvalue weighted by Crippen LogP contribution is -2.23. The Morgan fingerprint density at radius 2 is 1.89 bits per heavy atom. The number of aliphatic hydroxyl groups excluding tert-OH is 1. The Morgan fingerprint density at radius 3 is 2.42 bits per heavy atom. The van der Waals surface area contributed by atoms with Gasteiger partial charge in [-0.3, -0.25) is 0 Å². The smallest absolute Gasteiger partial charge is 0.334 e. The molecule has 4 heteroatoms. The van der Waals surface area contributed by atoms with E-state index in [-0.39, 0.29) is 12.7 Å². The number of hydrogen-bond acceptors (Lipinski definition) is 4. The Kier molecular flexibility index (Phi) is 6.36. The zero-order valence-corrected chi connectivity index (χ0v) is 11.8. The van der Waals surface area contributed by atoms with Gasteiger partial charge in [-0.15, -0.1) is 0 Å². The van der Waals surface area contributed by atoms with Gasteiger partial charge in [-0.2, -0.15) is 0 Å². The summed E-state index contributed by atoms with van der Waals surface area (Å²) >= 11 is 0. The van der Waals surface area contributed by atoms with E-state index in [1.54, 1.807) is 6.92 Å². The maximum absolute atomic E-state index is 11.2. The van der Waals surface area contributed by atoms with Gasteiger partial charge in [0.1, 0.15) is 5.75 Å². The highest BCUT2D eigenvalue weighted by atomic mass is 16.5. The molecule has 1 rings (SSSR count). The highest BCUT2D eigenvalue weighted by Gasteiger charge is 2.15. The second kappa shape index (κ2) is 7.79. The molecule has 1 atom stereocenters. The number of benzene rings is 1. The lowest BCUT2D eigenvalue weighted by atomic mass is 10.1. The summed E-state index contributed by atoms with van der Waals surface area (Å²) in [5.74, 6) is 0.270. The van der Waals surface area contributed by atoms with Crippen LogP contribution in [0.1, 0.15) is 32.8 Å². The number of carbonyl (C=O) groups is 1. The Balaban J connectivity index is 2.43. The van der Waals surface area contributed by atoms with Gasteiger partial charge in [0.25, 0.3) is 0 Å². The molecule has 4 nitrogen and oxygen atoms in total. The van der Waals surface area contributed by atoms with Crippen LogP contribution in [0.25, 0.3) is 0 Å². The summed E-state index contributed by atoms with van der Waals surface area (Å²) in [5.41, 5.74) is 1.06. The van der Waals surface area contributed by atoms with E-state index in [4.69, 9.17) is 9.47 Å². The van der Waals surface area contributed by atoms with E-state index < -0.39 is 12.1 Å². The fraction of sp³-hybridized carbons (Fsp3) is 0.533. The molecule has 19 heavy (non-hydrogen) atoms. The van der Waals surface area contributed by atoms with Crippen molar-refractivity contribution < 1.29 is 19.4 Å². The third-order valence-corrected chi connectivity index (χ3v) is 2.56. The molecule has 0 unspecified atom stereocenters. The first-order valence-corrected chi connectivity index (χ1v) is 6.63.